The van der Waals surface area contributed by atoms with Gasteiger partial charge in [0, 0.05) is 26.1 Å². The van der Waals surface area contributed by atoms with E-state index in [9.17, 15) is 9.59 Å². The summed E-state index contributed by atoms with van der Waals surface area (Å²) < 4.78 is 0. The number of carbonyl (C=O) groups excluding carboxylic acids is 2. The molecule has 2 amide bonds. The minimum Gasteiger partial charge on any atom is -0.397 e. The van der Waals surface area contributed by atoms with E-state index in [1.807, 2.05) is 4.90 Å². The van der Waals surface area contributed by atoms with Gasteiger partial charge in [0.05, 0.1) is 11.9 Å². The second-order valence-electron chi connectivity index (χ2n) is 4.92. The lowest BCUT2D eigenvalue weighted by molar-refractivity contribution is -0.131. The molecule has 116 valence electrons. The maximum atomic E-state index is 11.9. The third kappa shape index (κ3) is 5.23. The molecule has 0 spiro atoms. The van der Waals surface area contributed by atoms with Crippen LogP contribution in [0, 0.1) is 0 Å². The molecule has 2 heterocycles. The molecule has 1 aliphatic rings. The van der Waals surface area contributed by atoms with Crippen LogP contribution in [0.15, 0.2) is 18.3 Å². The third-order valence-electron chi connectivity index (χ3n) is 3.35. The molecule has 7 heteroatoms. The molecule has 1 aromatic heterocycles. The molecule has 1 fully saturated rings. The van der Waals surface area contributed by atoms with Crippen LogP contribution in [0.25, 0.3) is 0 Å². The van der Waals surface area contributed by atoms with Crippen LogP contribution in [0.4, 0.5) is 5.69 Å². The Bertz CT molecular complexity index is 472. The number of hydrogen-bond acceptors (Lipinski definition) is 4. The fraction of sp³-hybridized carbons (Fsp3) is 0.500. The summed E-state index contributed by atoms with van der Waals surface area (Å²) >= 11 is 0. The highest BCUT2D eigenvalue weighted by atomic mass is 35.5. The Morgan fingerprint density at radius 2 is 1.95 bits per heavy atom. The van der Waals surface area contributed by atoms with Crippen molar-refractivity contribution in [3.05, 3.63) is 24.0 Å². The molecule has 3 N–H and O–H groups in total. The standard InChI is InChI=1S/C14H20N4O2.ClH/c15-11-4-5-12(17-10-11)14(20)16-7-6-13(19)18-8-2-1-3-9-18;/h4-5,10H,1-3,6-9,15H2,(H,16,20);1H. The monoisotopic (exact) mass is 312 g/mol. The van der Waals surface area contributed by atoms with Gasteiger partial charge in [0.25, 0.3) is 5.91 Å². The Labute approximate surface area is 130 Å². The summed E-state index contributed by atoms with van der Waals surface area (Å²) in [6.45, 7) is 2.01. The Morgan fingerprint density at radius 3 is 2.57 bits per heavy atom. The molecule has 1 aromatic rings. The Kier molecular flexibility index (Phi) is 6.94. The largest absolute Gasteiger partial charge is 0.397 e. The highest BCUT2D eigenvalue weighted by molar-refractivity contribution is 5.92. The van der Waals surface area contributed by atoms with Gasteiger partial charge in [-0.05, 0) is 31.4 Å². The van der Waals surface area contributed by atoms with Crippen molar-refractivity contribution in [3.63, 3.8) is 0 Å². The smallest absolute Gasteiger partial charge is 0.269 e. The van der Waals surface area contributed by atoms with Gasteiger partial charge in [-0.2, -0.15) is 0 Å². The molecule has 0 bridgehead atoms. The second-order valence-corrected chi connectivity index (χ2v) is 4.92. The van der Waals surface area contributed by atoms with Gasteiger partial charge >= 0.3 is 0 Å². The molecule has 0 radical (unpaired) electrons. The van der Waals surface area contributed by atoms with E-state index in [-0.39, 0.29) is 24.2 Å². The molecule has 0 aromatic carbocycles. The molecule has 1 aliphatic heterocycles. The van der Waals surface area contributed by atoms with Crippen LogP contribution in [-0.4, -0.2) is 41.3 Å². The van der Waals surface area contributed by atoms with Crippen LogP contribution in [0.5, 0.6) is 0 Å². The zero-order valence-electron chi connectivity index (χ0n) is 11.9. The summed E-state index contributed by atoms with van der Waals surface area (Å²) in [6.07, 6.45) is 5.12. The number of nitrogens with two attached hydrogens (primary N) is 1. The van der Waals surface area contributed by atoms with Gasteiger partial charge in [-0.25, -0.2) is 4.98 Å². The first-order valence-corrected chi connectivity index (χ1v) is 6.94. The lowest BCUT2D eigenvalue weighted by Gasteiger charge is -2.26. The van der Waals surface area contributed by atoms with E-state index in [1.54, 1.807) is 12.1 Å². The predicted octanol–water partition coefficient (Wildman–Crippen LogP) is 1.22. The average molecular weight is 313 g/mol. The zero-order valence-corrected chi connectivity index (χ0v) is 12.7. The number of likely N-dealkylation sites (tertiary alicyclic amines) is 1. The van der Waals surface area contributed by atoms with Gasteiger partial charge in [-0.15, -0.1) is 12.4 Å². The number of hydrogen-bond donors (Lipinski definition) is 2. The van der Waals surface area contributed by atoms with Gasteiger partial charge in [0.15, 0.2) is 0 Å². The number of anilines is 1. The highest BCUT2D eigenvalue weighted by Crippen LogP contribution is 2.09. The second kappa shape index (κ2) is 8.46. The molecule has 21 heavy (non-hydrogen) atoms. The van der Waals surface area contributed by atoms with Crippen LogP contribution in [0.2, 0.25) is 0 Å². The number of halogens is 1. The van der Waals surface area contributed by atoms with E-state index in [2.05, 4.69) is 10.3 Å². The summed E-state index contributed by atoms with van der Waals surface area (Å²) in [5.74, 6) is -0.174. The lowest BCUT2D eigenvalue weighted by atomic mass is 10.1. The normalized spacial score (nSPS) is 14.2. The SMILES string of the molecule is Cl.Nc1ccc(C(=O)NCCC(=O)N2CCCCC2)nc1. The molecule has 1 saturated heterocycles. The van der Waals surface area contributed by atoms with Crippen molar-refractivity contribution in [1.29, 1.82) is 0 Å². The van der Waals surface area contributed by atoms with Crippen molar-refractivity contribution >= 4 is 29.9 Å². The summed E-state index contributed by atoms with van der Waals surface area (Å²) in [5, 5.41) is 2.70. The van der Waals surface area contributed by atoms with Crippen molar-refractivity contribution in [2.45, 2.75) is 25.7 Å². The number of piperidine rings is 1. The van der Waals surface area contributed by atoms with Crippen molar-refractivity contribution in [2.24, 2.45) is 0 Å². The van der Waals surface area contributed by atoms with Gasteiger partial charge in [-0.1, -0.05) is 0 Å². The van der Waals surface area contributed by atoms with E-state index in [4.69, 9.17) is 5.73 Å². The maximum Gasteiger partial charge on any atom is 0.269 e. The van der Waals surface area contributed by atoms with Gasteiger partial charge in [0.1, 0.15) is 5.69 Å². The molecule has 0 unspecified atom stereocenters. The average Bonchev–Trinajstić information content (AvgIpc) is 2.48. The topological polar surface area (TPSA) is 88.3 Å². The molecule has 2 rings (SSSR count). The Morgan fingerprint density at radius 1 is 1.24 bits per heavy atom. The Hall–Kier alpha value is -1.82. The Balaban J connectivity index is 0.00000220. The number of carbonyl (C=O) groups is 2. The van der Waals surface area contributed by atoms with Crippen LogP contribution in [0.1, 0.15) is 36.2 Å². The van der Waals surface area contributed by atoms with Gasteiger partial charge in [-0.3, -0.25) is 9.59 Å². The number of aromatic nitrogens is 1. The summed E-state index contributed by atoms with van der Waals surface area (Å²) in [4.78, 5) is 29.5. The number of amides is 2. The van der Waals surface area contributed by atoms with Crippen molar-refractivity contribution < 1.29 is 9.59 Å². The van der Waals surface area contributed by atoms with Gasteiger partial charge < -0.3 is 16.0 Å². The number of nitrogen functional groups attached to an aromatic ring is 1. The summed E-state index contributed by atoms with van der Waals surface area (Å²) in [6, 6.07) is 3.19. The van der Waals surface area contributed by atoms with Crippen molar-refractivity contribution in [2.75, 3.05) is 25.4 Å². The fourth-order valence-corrected chi connectivity index (χ4v) is 2.21. The molecule has 0 saturated carbocycles. The quantitative estimate of drug-likeness (QED) is 0.875. The minimum absolute atomic E-state index is 0. The number of rotatable bonds is 4. The molecule has 6 nitrogen and oxygen atoms in total. The van der Waals surface area contributed by atoms with E-state index in [1.165, 1.54) is 12.6 Å². The number of nitrogens with zero attached hydrogens (tertiary/aromatic N) is 2. The summed E-state index contributed by atoms with van der Waals surface area (Å²) in [7, 11) is 0. The minimum atomic E-state index is -0.281. The fourth-order valence-electron chi connectivity index (χ4n) is 2.21. The van der Waals surface area contributed by atoms with Crippen molar-refractivity contribution in [1.82, 2.24) is 15.2 Å². The first-order valence-electron chi connectivity index (χ1n) is 6.94. The first kappa shape index (κ1) is 17.2. The maximum absolute atomic E-state index is 11.9. The van der Waals surface area contributed by atoms with E-state index in [0.29, 0.717) is 24.3 Å². The number of pyridine rings is 1. The van der Waals surface area contributed by atoms with Crippen molar-refractivity contribution in [3.8, 4) is 0 Å². The summed E-state index contributed by atoms with van der Waals surface area (Å²) in [5.41, 5.74) is 6.33. The molecule has 0 aliphatic carbocycles. The van der Waals surface area contributed by atoms with Crippen LogP contribution < -0.4 is 11.1 Å². The van der Waals surface area contributed by atoms with Crippen LogP contribution >= 0.6 is 12.4 Å². The predicted molar refractivity (Wildman–Crippen MR) is 83.3 cm³/mol. The lowest BCUT2D eigenvalue weighted by Crippen LogP contribution is -2.37. The number of nitrogens with one attached hydrogen (secondary N) is 1. The molecular formula is C14H21ClN4O2. The van der Waals surface area contributed by atoms with E-state index < -0.39 is 0 Å². The molecule has 0 atom stereocenters. The zero-order chi connectivity index (χ0) is 14.4. The van der Waals surface area contributed by atoms with Gasteiger partial charge in [0.2, 0.25) is 5.91 Å². The van der Waals surface area contributed by atoms with Crippen LogP contribution in [-0.2, 0) is 4.79 Å². The molecular weight excluding hydrogens is 292 g/mol. The van der Waals surface area contributed by atoms with Crippen LogP contribution in [0.3, 0.4) is 0 Å². The highest BCUT2D eigenvalue weighted by Gasteiger charge is 2.16. The first-order chi connectivity index (χ1) is 9.66. The van der Waals surface area contributed by atoms with E-state index >= 15 is 0 Å². The third-order valence-corrected chi connectivity index (χ3v) is 3.35. The van der Waals surface area contributed by atoms with E-state index in [0.717, 1.165) is 25.9 Å².